The van der Waals surface area contributed by atoms with Crippen LogP contribution in [0, 0.1) is 5.82 Å². The Balaban J connectivity index is 1.64. The van der Waals surface area contributed by atoms with Crippen LogP contribution in [0.1, 0.15) is 11.1 Å². The molecule has 1 atom stereocenters. The van der Waals surface area contributed by atoms with Crippen LogP contribution in [-0.2, 0) is 11.2 Å². The summed E-state index contributed by atoms with van der Waals surface area (Å²) in [6.45, 7) is 0. The van der Waals surface area contributed by atoms with E-state index in [0.29, 0.717) is 17.2 Å². The molecular formula is C17H14FN3OS. The number of hydrogen-bond donors (Lipinski definition) is 1. The van der Waals surface area contributed by atoms with Crippen LogP contribution in [0.3, 0.4) is 0 Å². The molecule has 0 unspecified atom stereocenters. The second-order valence-corrected chi connectivity index (χ2v) is 6.15. The number of amidine groups is 1. The Morgan fingerprint density at radius 1 is 1.13 bits per heavy atom. The van der Waals surface area contributed by atoms with E-state index >= 15 is 0 Å². The molecule has 0 saturated carbocycles. The standard InChI is InChI=1S/C17H14FN3OS/c18-14-9-5-4-8-13(14)11-19-21-17-20-16(22)15(23-17)10-12-6-2-1-3-7-12/h1-9,11,15H,10H2,(H,20,21,22)/b19-11-/t15-/m0/s1. The van der Waals surface area contributed by atoms with Crippen LogP contribution < -0.4 is 5.32 Å². The molecule has 1 N–H and O–H groups in total. The van der Waals surface area contributed by atoms with Crippen LogP contribution in [0.15, 0.2) is 64.8 Å². The summed E-state index contributed by atoms with van der Waals surface area (Å²) < 4.78 is 13.4. The van der Waals surface area contributed by atoms with Gasteiger partial charge in [-0.1, -0.05) is 60.3 Å². The molecule has 2 aromatic rings. The molecule has 6 heteroatoms. The minimum Gasteiger partial charge on any atom is -0.303 e. The maximum absolute atomic E-state index is 13.4. The van der Waals surface area contributed by atoms with E-state index in [-0.39, 0.29) is 17.0 Å². The van der Waals surface area contributed by atoms with Crippen molar-refractivity contribution in [3.05, 3.63) is 71.5 Å². The summed E-state index contributed by atoms with van der Waals surface area (Å²) in [4.78, 5) is 12.0. The molecule has 3 rings (SSSR count). The van der Waals surface area contributed by atoms with Crippen molar-refractivity contribution in [2.75, 3.05) is 0 Å². The van der Waals surface area contributed by atoms with Gasteiger partial charge in [0.05, 0.1) is 11.5 Å². The molecular weight excluding hydrogens is 313 g/mol. The van der Waals surface area contributed by atoms with Crippen molar-refractivity contribution in [3.8, 4) is 0 Å². The first-order valence-electron chi connectivity index (χ1n) is 7.09. The first-order chi connectivity index (χ1) is 11.2. The van der Waals surface area contributed by atoms with Gasteiger partial charge in [-0.15, -0.1) is 5.10 Å². The zero-order chi connectivity index (χ0) is 16.1. The number of rotatable bonds is 4. The summed E-state index contributed by atoms with van der Waals surface area (Å²) in [6.07, 6.45) is 1.97. The minimum atomic E-state index is -0.360. The fraction of sp³-hybridized carbons (Fsp3) is 0.118. The van der Waals surface area contributed by atoms with E-state index < -0.39 is 0 Å². The summed E-state index contributed by atoms with van der Waals surface area (Å²) in [5.74, 6) is -0.444. The highest BCUT2D eigenvalue weighted by molar-refractivity contribution is 8.15. The monoisotopic (exact) mass is 327 g/mol. The molecule has 1 aliphatic rings. The number of hydrogen-bond acceptors (Lipinski definition) is 4. The predicted molar refractivity (Wildman–Crippen MR) is 91.1 cm³/mol. The second-order valence-electron chi connectivity index (χ2n) is 4.96. The van der Waals surface area contributed by atoms with Gasteiger partial charge in [0.25, 0.3) is 0 Å². The van der Waals surface area contributed by atoms with Crippen molar-refractivity contribution in [1.29, 1.82) is 0 Å². The summed E-state index contributed by atoms with van der Waals surface area (Å²) in [6, 6.07) is 16.1. The van der Waals surface area contributed by atoms with E-state index in [2.05, 4.69) is 15.5 Å². The van der Waals surface area contributed by atoms with E-state index in [1.807, 2.05) is 30.3 Å². The number of thioether (sulfide) groups is 1. The normalized spacial score (nSPS) is 19.4. The zero-order valence-electron chi connectivity index (χ0n) is 12.1. The van der Waals surface area contributed by atoms with Crippen LogP contribution in [0.4, 0.5) is 4.39 Å². The van der Waals surface area contributed by atoms with E-state index in [0.717, 1.165) is 5.56 Å². The number of halogens is 1. The third-order valence-electron chi connectivity index (χ3n) is 3.29. The quantitative estimate of drug-likeness (QED) is 0.693. The van der Waals surface area contributed by atoms with Crippen LogP contribution in [0.2, 0.25) is 0 Å². The Hall–Kier alpha value is -2.47. The van der Waals surface area contributed by atoms with Gasteiger partial charge in [-0.2, -0.15) is 5.10 Å². The highest BCUT2D eigenvalue weighted by atomic mass is 32.2. The molecule has 1 saturated heterocycles. The van der Waals surface area contributed by atoms with Gasteiger partial charge in [0.1, 0.15) is 5.82 Å². The lowest BCUT2D eigenvalue weighted by Gasteiger charge is -2.04. The van der Waals surface area contributed by atoms with E-state index in [1.165, 1.54) is 24.0 Å². The third-order valence-corrected chi connectivity index (χ3v) is 4.36. The van der Waals surface area contributed by atoms with Crippen molar-refractivity contribution in [3.63, 3.8) is 0 Å². The lowest BCUT2D eigenvalue weighted by molar-refractivity contribution is -0.118. The van der Waals surface area contributed by atoms with E-state index in [1.54, 1.807) is 18.2 Å². The Morgan fingerprint density at radius 3 is 2.65 bits per heavy atom. The van der Waals surface area contributed by atoms with Gasteiger partial charge in [0.2, 0.25) is 5.91 Å². The Labute approximate surface area is 137 Å². The number of nitrogens with one attached hydrogen (secondary N) is 1. The van der Waals surface area contributed by atoms with Crippen molar-refractivity contribution in [1.82, 2.24) is 5.32 Å². The smallest absolute Gasteiger partial charge is 0.239 e. The Kier molecular flexibility index (Phi) is 4.83. The number of nitrogens with zero attached hydrogens (tertiary/aromatic N) is 2. The molecule has 1 heterocycles. The highest BCUT2D eigenvalue weighted by Crippen LogP contribution is 2.23. The van der Waals surface area contributed by atoms with Gasteiger partial charge in [0, 0.05) is 5.56 Å². The summed E-state index contributed by atoms with van der Waals surface area (Å²) in [5.41, 5.74) is 1.45. The van der Waals surface area contributed by atoms with Gasteiger partial charge >= 0.3 is 0 Å². The predicted octanol–water partition coefficient (Wildman–Crippen LogP) is 2.99. The third kappa shape index (κ3) is 4.04. The fourth-order valence-corrected chi connectivity index (χ4v) is 3.10. The molecule has 1 aliphatic heterocycles. The van der Waals surface area contributed by atoms with Crippen molar-refractivity contribution >= 4 is 29.1 Å². The minimum absolute atomic E-state index is 0.0845. The van der Waals surface area contributed by atoms with Gasteiger partial charge in [0.15, 0.2) is 5.17 Å². The van der Waals surface area contributed by atoms with Crippen LogP contribution in [0.25, 0.3) is 0 Å². The first kappa shape index (κ1) is 15.4. The number of benzene rings is 2. The molecule has 0 spiro atoms. The topological polar surface area (TPSA) is 53.8 Å². The molecule has 2 aromatic carbocycles. The highest BCUT2D eigenvalue weighted by Gasteiger charge is 2.30. The lowest BCUT2D eigenvalue weighted by Crippen LogP contribution is -2.25. The van der Waals surface area contributed by atoms with Gasteiger partial charge in [-0.05, 0) is 18.1 Å². The molecule has 0 aliphatic carbocycles. The Morgan fingerprint density at radius 2 is 1.87 bits per heavy atom. The molecule has 0 aromatic heterocycles. The molecule has 1 amide bonds. The van der Waals surface area contributed by atoms with Crippen LogP contribution in [-0.4, -0.2) is 22.5 Å². The number of carbonyl (C=O) groups is 1. The molecule has 0 radical (unpaired) electrons. The summed E-state index contributed by atoms with van der Waals surface area (Å²) in [5, 5.41) is 10.7. The molecule has 116 valence electrons. The van der Waals surface area contributed by atoms with Crippen molar-refractivity contribution in [2.45, 2.75) is 11.7 Å². The molecule has 23 heavy (non-hydrogen) atoms. The van der Waals surface area contributed by atoms with Crippen molar-refractivity contribution in [2.24, 2.45) is 10.2 Å². The maximum atomic E-state index is 13.4. The molecule has 1 fully saturated rings. The summed E-state index contributed by atoms with van der Waals surface area (Å²) in [7, 11) is 0. The van der Waals surface area contributed by atoms with Crippen molar-refractivity contribution < 1.29 is 9.18 Å². The van der Waals surface area contributed by atoms with Crippen LogP contribution >= 0.6 is 11.8 Å². The zero-order valence-corrected chi connectivity index (χ0v) is 13.0. The second kappa shape index (κ2) is 7.19. The summed E-state index contributed by atoms with van der Waals surface area (Å²) >= 11 is 1.33. The van der Waals surface area contributed by atoms with Gasteiger partial charge in [-0.25, -0.2) is 4.39 Å². The molecule has 0 bridgehead atoms. The molecule has 4 nitrogen and oxygen atoms in total. The van der Waals surface area contributed by atoms with Gasteiger partial charge < -0.3 is 5.32 Å². The average molecular weight is 327 g/mol. The first-order valence-corrected chi connectivity index (χ1v) is 7.97. The lowest BCUT2D eigenvalue weighted by atomic mass is 10.1. The van der Waals surface area contributed by atoms with E-state index in [9.17, 15) is 9.18 Å². The maximum Gasteiger partial charge on any atom is 0.239 e. The SMILES string of the molecule is O=C1N/C(=N\N=C/c2ccccc2F)S[C@H]1Cc1ccccc1. The number of amides is 1. The van der Waals surface area contributed by atoms with Crippen LogP contribution in [0.5, 0.6) is 0 Å². The largest absolute Gasteiger partial charge is 0.303 e. The fourth-order valence-electron chi connectivity index (χ4n) is 2.14. The Bertz CT molecular complexity index is 761. The number of carbonyl (C=O) groups excluding carboxylic acids is 1. The van der Waals surface area contributed by atoms with Gasteiger partial charge in [-0.3, -0.25) is 4.79 Å². The van der Waals surface area contributed by atoms with E-state index in [4.69, 9.17) is 0 Å². The average Bonchev–Trinajstić information content (AvgIpc) is 2.90.